The Bertz CT molecular complexity index is 587. The summed E-state index contributed by atoms with van der Waals surface area (Å²) < 4.78 is 25.2. The molecule has 1 aromatic rings. The lowest BCUT2D eigenvalue weighted by Crippen LogP contribution is -2.49. The maximum atomic E-state index is 12.2. The quantitative estimate of drug-likeness (QED) is 0.870. The first kappa shape index (κ1) is 17.8. The number of carbonyl (C=O) groups excluding carboxylic acids is 1. The zero-order chi connectivity index (χ0) is 16.2. The normalized spacial score (nSPS) is 14.3. The van der Waals surface area contributed by atoms with Gasteiger partial charge >= 0.3 is 0 Å². The van der Waals surface area contributed by atoms with E-state index in [9.17, 15) is 13.2 Å². The molecular formula is C14H21ClN2O3S. The van der Waals surface area contributed by atoms with Crippen molar-refractivity contribution >= 4 is 33.2 Å². The van der Waals surface area contributed by atoms with E-state index in [4.69, 9.17) is 11.6 Å². The number of halogens is 1. The minimum Gasteiger partial charge on any atom is -0.352 e. The molecule has 1 amide bonds. The van der Waals surface area contributed by atoms with Gasteiger partial charge in [0.25, 0.3) is 0 Å². The Labute approximate surface area is 131 Å². The summed E-state index contributed by atoms with van der Waals surface area (Å²) in [6, 6.07) is 5.50. The number of sulfonamides is 1. The first-order valence-electron chi connectivity index (χ1n) is 6.72. The summed E-state index contributed by atoms with van der Waals surface area (Å²) in [6.07, 6.45) is 1.85. The zero-order valence-electron chi connectivity index (χ0n) is 12.6. The molecule has 5 nitrogen and oxygen atoms in total. The van der Waals surface area contributed by atoms with Gasteiger partial charge in [-0.05, 0) is 44.5 Å². The first-order valence-corrected chi connectivity index (χ1v) is 8.94. The number of anilines is 1. The lowest BCUT2D eigenvalue weighted by Gasteiger charge is -2.29. The number of hydrogen-bond acceptors (Lipinski definition) is 3. The largest absolute Gasteiger partial charge is 0.352 e. The van der Waals surface area contributed by atoms with Crippen LogP contribution in [-0.2, 0) is 14.8 Å². The number of carbonyl (C=O) groups is 1. The predicted molar refractivity (Wildman–Crippen MR) is 86.1 cm³/mol. The molecule has 0 aliphatic rings. The third-order valence-electron chi connectivity index (χ3n) is 3.17. The van der Waals surface area contributed by atoms with Gasteiger partial charge in [-0.2, -0.15) is 0 Å². The molecule has 0 aliphatic carbocycles. The molecule has 0 radical (unpaired) electrons. The fourth-order valence-corrected chi connectivity index (χ4v) is 3.16. The second-order valence-electron chi connectivity index (χ2n) is 5.03. The average Bonchev–Trinajstić information content (AvgIpc) is 2.39. The second-order valence-corrected chi connectivity index (χ2v) is 7.32. The van der Waals surface area contributed by atoms with Crippen molar-refractivity contribution in [2.45, 2.75) is 39.3 Å². The van der Waals surface area contributed by atoms with Gasteiger partial charge in [0.05, 0.1) is 11.9 Å². The Kier molecular flexibility index (Phi) is 6.04. The van der Waals surface area contributed by atoms with E-state index in [0.717, 1.165) is 17.0 Å². The number of rotatable bonds is 6. The van der Waals surface area contributed by atoms with Gasteiger partial charge in [-0.3, -0.25) is 9.10 Å². The van der Waals surface area contributed by atoms with E-state index in [-0.39, 0.29) is 11.9 Å². The summed E-state index contributed by atoms with van der Waals surface area (Å²) >= 11 is 5.81. The summed E-state index contributed by atoms with van der Waals surface area (Å²) in [6.45, 7) is 5.38. The smallest absolute Gasteiger partial charge is 0.243 e. The van der Waals surface area contributed by atoms with E-state index in [1.54, 1.807) is 31.2 Å². The van der Waals surface area contributed by atoms with Crippen molar-refractivity contribution in [2.75, 3.05) is 10.6 Å². The minimum atomic E-state index is -3.59. The lowest BCUT2D eigenvalue weighted by molar-refractivity contribution is -0.122. The molecule has 0 heterocycles. The molecule has 0 saturated heterocycles. The van der Waals surface area contributed by atoms with Crippen LogP contribution in [0.25, 0.3) is 0 Å². The number of nitrogens with zero attached hydrogens (tertiary/aromatic N) is 1. The molecule has 2 atom stereocenters. The van der Waals surface area contributed by atoms with Crippen molar-refractivity contribution in [1.82, 2.24) is 5.32 Å². The van der Waals surface area contributed by atoms with Gasteiger partial charge in [0.15, 0.2) is 0 Å². The van der Waals surface area contributed by atoms with Crippen LogP contribution in [0, 0.1) is 0 Å². The molecule has 1 rings (SSSR count). The number of amides is 1. The second kappa shape index (κ2) is 7.13. The molecule has 1 aromatic carbocycles. The van der Waals surface area contributed by atoms with E-state index in [2.05, 4.69) is 5.32 Å². The SMILES string of the molecule is CC[C@@H](C)NC(=O)[C@H](C)N(c1ccc(Cl)cc1)S(C)(=O)=O. The van der Waals surface area contributed by atoms with E-state index in [1.807, 2.05) is 13.8 Å². The Morgan fingerprint density at radius 1 is 1.29 bits per heavy atom. The fraction of sp³-hybridized carbons (Fsp3) is 0.500. The molecule has 118 valence electrons. The summed E-state index contributed by atoms with van der Waals surface area (Å²) in [5.74, 6) is -0.329. The molecule has 0 fully saturated rings. The number of nitrogens with one attached hydrogen (secondary N) is 1. The Morgan fingerprint density at radius 3 is 2.24 bits per heavy atom. The van der Waals surface area contributed by atoms with Gasteiger partial charge in [-0.15, -0.1) is 0 Å². The van der Waals surface area contributed by atoms with Gasteiger partial charge in [0.2, 0.25) is 15.9 Å². The molecule has 0 unspecified atom stereocenters. The minimum absolute atomic E-state index is 0.00780. The third-order valence-corrected chi connectivity index (χ3v) is 4.66. The van der Waals surface area contributed by atoms with Crippen LogP contribution in [0.4, 0.5) is 5.69 Å². The zero-order valence-corrected chi connectivity index (χ0v) is 14.2. The van der Waals surface area contributed by atoms with Gasteiger partial charge in [-0.25, -0.2) is 8.42 Å². The van der Waals surface area contributed by atoms with E-state index < -0.39 is 16.1 Å². The van der Waals surface area contributed by atoms with Crippen molar-refractivity contribution in [3.8, 4) is 0 Å². The van der Waals surface area contributed by atoms with Crippen molar-refractivity contribution < 1.29 is 13.2 Å². The molecular weight excluding hydrogens is 312 g/mol. The van der Waals surface area contributed by atoms with Crippen LogP contribution in [-0.4, -0.2) is 32.7 Å². The fourth-order valence-electron chi connectivity index (χ4n) is 1.86. The maximum absolute atomic E-state index is 12.2. The third kappa shape index (κ3) is 4.89. The van der Waals surface area contributed by atoms with Crippen molar-refractivity contribution in [3.63, 3.8) is 0 Å². The molecule has 21 heavy (non-hydrogen) atoms. The highest BCUT2D eigenvalue weighted by Crippen LogP contribution is 2.23. The lowest BCUT2D eigenvalue weighted by atomic mass is 10.2. The van der Waals surface area contributed by atoms with Crippen LogP contribution >= 0.6 is 11.6 Å². The molecule has 0 bridgehead atoms. The monoisotopic (exact) mass is 332 g/mol. The van der Waals surface area contributed by atoms with Crippen LogP contribution in [0.5, 0.6) is 0 Å². The molecule has 7 heteroatoms. The van der Waals surface area contributed by atoms with Crippen LogP contribution in [0.2, 0.25) is 5.02 Å². The standard InChI is InChI=1S/C14H21ClN2O3S/c1-5-10(2)16-14(18)11(3)17(21(4,19)20)13-8-6-12(15)7-9-13/h6-11H,5H2,1-4H3,(H,16,18)/t10-,11+/m1/s1. The van der Waals surface area contributed by atoms with Crippen molar-refractivity contribution in [2.24, 2.45) is 0 Å². The Hall–Kier alpha value is -1.27. The number of benzene rings is 1. The van der Waals surface area contributed by atoms with Crippen LogP contribution < -0.4 is 9.62 Å². The molecule has 0 aliphatic heterocycles. The van der Waals surface area contributed by atoms with Crippen LogP contribution in [0.3, 0.4) is 0 Å². The average molecular weight is 333 g/mol. The van der Waals surface area contributed by atoms with E-state index in [0.29, 0.717) is 10.7 Å². The molecule has 0 spiro atoms. The maximum Gasteiger partial charge on any atom is 0.243 e. The summed E-state index contributed by atoms with van der Waals surface area (Å²) in [5, 5.41) is 3.30. The highest BCUT2D eigenvalue weighted by Gasteiger charge is 2.29. The van der Waals surface area contributed by atoms with Crippen LogP contribution in [0.15, 0.2) is 24.3 Å². The highest BCUT2D eigenvalue weighted by molar-refractivity contribution is 7.92. The van der Waals surface area contributed by atoms with Gasteiger partial charge in [0.1, 0.15) is 6.04 Å². The van der Waals surface area contributed by atoms with Crippen LogP contribution in [0.1, 0.15) is 27.2 Å². The van der Waals surface area contributed by atoms with Gasteiger partial charge in [0, 0.05) is 11.1 Å². The summed E-state index contributed by atoms with van der Waals surface area (Å²) in [7, 11) is -3.59. The summed E-state index contributed by atoms with van der Waals surface area (Å²) in [4.78, 5) is 12.2. The van der Waals surface area contributed by atoms with Gasteiger partial charge in [-0.1, -0.05) is 18.5 Å². The molecule has 1 N–H and O–H groups in total. The number of hydrogen-bond donors (Lipinski definition) is 1. The van der Waals surface area contributed by atoms with E-state index >= 15 is 0 Å². The molecule has 0 saturated carbocycles. The predicted octanol–water partition coefficient (Wildman–Crippen LogP) is 2.41. The topological polar surface area (TPSA) is 66.5 Å². The van der Waals surface area contributed by atoms with Crippen molar-refractivity contribution in [1.29, 1.82) is 0 Å². The first-order chi connectivity index (χ1) is 9.66. The summed E-state index contributed by atoms with van der Waals surface area (Å²) in [5.41, 5.74) is 0.411. The Balaban J connectivity index is 3.09. The highest BCUT2D eigenvalue weighted by atomic mass is 35.5. The van der Waals surface area contributed by atoms with Gasteiger partial charge < -0.3 is 5.32 Å². The van der Waals surface area contributed by atoms with E-state index in [1.165, 1.54) is 0 Å². The molecule has 0 aromatic heterocycles. The van der Waals surface area contributed by atoms with Crippen molar-refractivity contribution in [3.05, 3.63) is 29.3 Å². The Morgan fingerprint density at radius 2 is 1.81 bits per heavy atom.